The van der Waals surface area contributed by atoms with E-state index in [1.807, 2.05) is 25.1 Å². The molecule has 0 heterocycles. The van der Waals surface area contributed by atoms with E-state index in [1.54, 1.807) is 0 Å². The summed E-state index contributed by atoms with van der Waals surface area (Å²) in [4.78, 5) is 0. The summed E-state index contributed by atoms with van der Waals surface area (Å²) in [5.74, 6) is -0.629. The van der Waals surface area contributed by atoms with Gasteiger partial charge in [0.05, 0.1) is 0 Å². The maximum atomic E-state index is 13.7. The fourth-order valence-corrected chi connectivity index (χ4v) is 2.21. The summed E-state index contributed by atoms with van der Waals surface area (Å²) in [5, 5.41) is 0. The molecular weight excluding hydrogens is 230 g/mol. The molecule has 0 radical (unpaired) electrons. The van der Waals surface area contributed by atoms with Crippen LogP contribution in [0.5, 0.6) is 0 Å². The summed E-state index contributed by atoms with van der Waals surface area (Å²) < 4.78 is 26.6. The Balaban J connectivity index is 2.49. The van der Waals surface area contributed by atoms with Crippen LogP contribution in [0.3, 0.4) is 0 Å². The molecule has 0 N–H and O–H groups in total. The van der Waals surface area contributed by atoms with Crippen molar-refractivity contribution in [1.29, 1.82) is 0 Å². The second-order valence-electron chi connectivity index (χ2n) is 4.85. The second kappa shape index (κ2) is 4.89. The van der Waals surface area contributed by atoms with Crippen molar-refractivity contribution >= 4 is 0 Å². The Morgan fingerprint density at radius 1 is 0.944 bits per heavy atom. The van der Waals surface area contributed by atoms with E-state index in [9.17, 15) is 8.78 Å². The molecule has 0 spiro atoms. The van der Waals surface area contributed by atoms with Gasteiger partial charge in [-0.05, 0) is 41.7 Å². The summed E-state index contributed by atoms with van der Waals surface area (Å²) in [6, 6.07) is 9.53. The highest BCUT2D eigenvalue weighted by molar-refractivity contribution is 5.65. The molecule has 18 heavy (non-hydrogen) atoms. The van der Waals surface area contributed by atoms with Crippen molar-refractivity contribution in [3.8, 4) is 11.1 Å². The molecule has 2 heteroatoms. The molecule has 2 aromatic carbocycles. The van der Waals surface area contributed by atoms with Gasteiger partial charge in [-0.25, -0.2) is 8.78 Å². The van der Waals surface area contributed by atoms with Crippen LogP contribution in [0, 0.1) is 18.6 Å². The average molecular weight is 246 g/mol. The molecule has 0 atom stereocenters. The highest BCUT2D eigenvalue weighted by atomic mass is 19.1. The summed E-state index contributed by atoms with van der Waals surface area (Å²) in [6.45, 7) is 6.27. The zero-order valence-corrected chi connectivity index (χ0v) is 10.8. The molecule has 0 amide bonds. The van der Waals surface area contributed by atoms with Gasteiger partial charge >= 0.3 is 0 Å². The van der Waals surface area contributed by atoms with Gasteiger partial charge in [0.25, 0.3) is 0 Å². The van der Waals surface area contributed by atoms with Crippen molar-refractivity contribution in [1.82, 2.24) is 0 Å². The minimum Gasteiger partial charge on any atom is -0.207 e. The highest BCUT2D eigenvalue weighted by Gasteiger charge is 2.09. The van der Waals surface area contributed by atoms with E-state index in [0.29, 0.717) is 11.5 Å². The zero-order valence-electron chi connectivity index (χ0n) is 10.8. The fraction of sp³-hybridized carbons (Fsp3) is 0.250. The Hall–Kier alpha value is -1.70. The lowest BCUT2D eigenvalue weighted by Crippen LogP contribution is -1.93. The maximum Gasteiger partial charge on any atom is 0.133 e. The third kappa shape index (κ3) is 2.42. The lowest BCUT2D eigenvalue weighted by Gasteiger charge is -2.12. The van der Waals surface area contributed by atoms with E-state index < -0.39 is 11.6 Å². The minimum atomic E-state index is -0.549. The van der Waals surface area contributed by atoms with Crippen LogP contribution >= 0.6 is 0 Å². The Kier molecular flexibility index (Phi) is 3.46. The van der Waals surface area contributed by atoms with E-state index in [-0.39, 0.29) is 0 Å². The largest absolute Gasteiger partial charge is 0.207 e. The van der Waals surface area contributed by atoms with Crippen molar-refractivity contribution in [3.05, 3.63) is 59.2 Å². The molecule has 0 fully saturated rings. The topological polar surface area (TPSA) is 0 Å². The fourth-order valence-electron chi connectivity index (χ4n) is 2.21. The molecule has 0 bridgehead atoms. The number of rotatable bonds is 2. The predicted molar refractivity (Wildman–Crippen MR) is 70.6 cm³/mol. The highest BCUT2D eigenvalue weighted by Crippen LogP contribution is 2.28. The van der Waals surface area contributed by atoms with Gasteiger partial charge in [-0.3, -0.25) is 0 Å². The molecule has 0 saturated heterocycles. The Morgan fingerprint density at radius 3 is 2.22 bits per heavy atom. The van der Waals surface area contributed by atoms with Crippen molar-refractivity contribution in [3.63, 3.8) is 0 Å². The third-order valence-electron chi connectivity index (χ3n) is 3.13. The molecule has 0 aliphatic rings. The Morgan fingerprint density at radius 2 is 1.67 bits per heavy atom. The van der Waals surface area contributed by atoms with Crippen molar-refractivity contribution in [2.75, 3.05) is 0 Å². The van der Waals surface area contributed by atoms with Crippen molar-refractivity contribution < 1.29 is 8.78 Å². The van der Waals surface area contributed by atoms with Crippen LogP contribution in [0.2, 0.25) is 0 Å². The quantitative estimate of drug-likeness (QED) is 0.694. The SMILES string of the molecule is Cc1cc(-c2ccc(F)cc2F)ccc1C(C)C. The van der Waals surface area contributed by atoms with E-state index >= 15 is 0 Å². The first-order chi connectivity index (χ1) is 8.49. The minimum absolute atomic E-state index is 0.440. The number of halogens is 2. The van der Waals surface area contributed by atoms with Gasteiger partial charge in [0.1, 0.15) is 11.6 Å². The maximum absolute atomic E-state index is 13.7. The smallest absolute Gasteiger partial charge is 0.133 e. The average Bonchev–Trinajstić information content (AvgIpc) is 2.28. The summed E-state index contributed by atoms with van der Waals surface area (Å²) in [7, 11) is 0. The Labute approximate surface area is 106 Å². The number of benzene rings is 2. The summed E-state index contributed by atoms with van der Waals surface area (Å²) in [5.41, 5.74) is 3.61. The van der Waals surface area contributed by atoms with Gasteiger partial charge in [0.2, 0.25) is 0 Å². The van der Waals surface area contributed by atoms with Crippen LogP contribution in [0.15, 0.2) is 36.4 Å². The van der Waals surface area contributed by atoms with Gasteiger partial charge in [-0.15, -0.1) is 0 Å². The van der Waals surface area contributed by atoms with Crippen LogP contribution in [-0.4, -0.2) is 0 Å². The molecule has 94 valence electrons. The lowest BCUT2D eigenvalue weighted by atomic mass is 9.94. The predicted octanol–water partition coefficient (Wildman–Crippen LogP) is 5.06. The molecular formula is C16H16F2. The van der Waals surface area contributed by atoms with Crippen LogP contribution in [0.25, 0.3) is 11.1 Å². The van der Waals surface area contributed by atoms with Gasteiger partial charge in [0, 0.05) is 11.6 Å². The summed E-state index contributed by atoms with van der Waals surface area (Å²) >= 11 is 0. The van der Waals surface area contributed by atoms with Gasteiger partial charge in [-0.2, -0.15) is 0 Å². The molecule has 0 nitrogen and oxygen atoms in total. The number of hydrogen-bond acceptors (Lipinski definition) is 0. The normalized spacial score (nSPS) is 11.0. The number of aryl methyl sites for hydroxylation is 1. The third-order valence-corrected chi connectivity index (χ3v) is 3.13. The van der Waals surface area contributed by atoms with Gasteiger partial charge in [0.15, 0.2) is 0 Å². The van der Waals surface area contributed by atoms with Crippen LogP contribution in [0.1, 0.15) is 30.9 Å². The van der Waals surface area contributed by atoms with E-state index in [2.05, 4.69) is 13.8 Å². The van der Waals surface area contributed by atoms with Gasteiger partial charge in [-0.1, -0.05) is 32.0 Å². The standard InChI is InChI=1S/C16H16F2/c1-10(2)14-6-4-12(8-11(14)3)15-7-5-13(17)9-16(15)18/h4-10H,1-3H3. The van der Waals surface area contributed by atoms with E-state index in [0.717, 1.165) is 17.2 Å². The lowest BCUT2D eigenvalue weighted by molar-refractivity contribution is 0.585. The molecule has 0 unspecified atom stereocenters. The first kappa shape index (κ1) is 12.7. The first-order valence-corrected chi connectivity index (χ1v) is 6.05. The van der Waals surface area contributed by atoms with E-state index in [1.165, 1.54) is 17.7 Å². The molecule has 2 rings (SSSR count). The number of hydrogen-bond donors (Lipinski definition) is 0. The molecule has 0 aliphatic heterocycles. The molecule has 2 aromatic rings. The van der Waals surface area contributed by atoms with Crippen LogP contribution in [-0.2, 0) is 0 Å². The molecule has 0 aromatic heterocycles. The first-order valence-electron chi connectivity index (χ1n) is 6.05. The monoisotopic (exact) mass is 246 g/mol. The van der Waals surface area contributed by atoms with Crippen LogP contribution < -0.4 is 0 Å². The van der Waals surface area contributed by atoms with E-state index in [4.69, 9.17) is 0 Å². The summed E-state index contributed by atoms with van der Waals surface area (Å²) in [6.07, 6.45) is 0. The molecule has 0 aliphatic carbocycles. The second-order valence-corrected chi connectivity index (χ2v) is 4.85. The molecule has 0 saturated carbocycles. The van der Waals surface area contributed by atoms with Gasteiger partial charge < -0.3 is 0 Å². The van der Waals surface area contributed by atoms with Crippen molar-refractivity contribution in [2.24, 2.45) is 0 Å². The van der Waals surface area contributed by atoms with Crippen molar-refractivity contribution in [2.45, 2.75) is 26.7 Å². The zero-order chi connectivity index (χ0) is 13.3. The van der Waals surface area contributed by atoms with Crippen LogP contribution in [0.4, 0.5) is 8.78 Å². The Bertz CT molecular complexity index is 571.